The summed E-state index contributed by atoms with van der Waals surface area (Å²) < 4.78 is 1.37. The molecular formula is C19H20N4O2. The number of amides is 1. The van der Waals surface area contributed by atoms with Gasteiger partial charge in [0, 0.05) is 24.3 Å². The summed E-state index contributed by atoms with van der Waals surface area (Å²) in [5, 5.41) is 8.32. The second-order valence-electron chi connectivity index (χ2n) is 5.90. The molecule has 2 heterocycles. The molecule has 3 rings (SSSR count). The van der Waals surface area contributed by atoms with Gasteiger partial charge in [0.15, 0.2) is 5.69 Å². The van der Waals surface area contributed by atoms with Gasteiger partial charge in [0.2, 0.25) is 0 Å². The molecule has 0 aliphatic carbocycles. The lowest BCUT2D eigenvalue weighted by molar-refractivity contribution is 0.0934. The molecule has 0 fully saturated rings. The summed E-state index contributed by atoms with van der Waals surface area (Å²) in [6, 6.07) is 10.6. The lowest BCUT2D eigenvalue weighted by atomic mass is 10.1. The van der Waals surface area contributed by atoms with Crippen molar-refractivity contribution in [2.75, 3.05) is 0 Å². The Hall–Kier alpha value is -3.02. The third kappa shape index (κ3) is 3.42. The van der Waals surface area contributed by atoms with Crippen LogP contribution >= 0.6 is 0 Å². The molecule has 6 heteroatoms. The molecule has 0 aliphatic rings. The van der Waals surface area contributed by atoms with Crippen LogP contribution in [0.2, 0.25) is 0 Å². The molecule has 0 radical (unpaired) electrons. The monoisotopic (exact) mass is 336 g/mol. The Kier molecular flexibility index (Phi) is 4.88. The molecule has 1 N–H and O–H groups in total. The number of carbonyl (C=O) groups excluding carboxylic acids is 1. The summed E-state index contributed by atoms with van der Waals surface area (Å²) in [5.74, 6) is -0.308. The SMILES string of the molecule is CCCn1nc(C(=O)N[C@@H](C)c2cccnc2)c2ccccc2c1=O. The first-order chi connectivity index (χ1) is 12.1. The van der Waals surface area contributed by atoms with Crippen molar-refractivity contribution in [3.63, 3.8) is 0 Å². The summed E-state index contributed by atoms with van der Waals surface area (Å²) in [4.78, 5) is 29.4. The van der Waals surface area contributed by atoms with Gasteiger partial charge in [-0.05, 0) is 31.0 Å². The lowest BCUT2D eigenvalue weighted by Gasteiger charge is -2.15. The molecule has 1 atom stereocenters. The van der Waals surface area contributed by atoms with Crippen LogP contribution in [0.3, 0.4) is 0 Å². The number of aryl methyl sites for hydroxylation is 1. The van der Waals surface area contributed by atoms with Gasteiger partial charge >= 0.3 is 0 Å². The minimum Gasteiger partial charge on any atom is -0.344 e. The number of carbonyl (C=O) groups is 1. The number of fused-ring (bicyclic) bond motifs is 1. The summed E-state index contributed by atoms with van der Waals surface area (Å²) in [6.07, 6.45) is 4.17. The van der Waals surface area contributed by atoms with Gasteiger partial charge in [-0.15, -0.1) is 0 Å². The Bertz CT molecular complexity index is 951. The zero-order valence-corrected chi connectivity index (χ0v) is 14.3. The number of nitrogens with one attached hydrogen (secondary N) is 1. The van der Waals surface area contributed by atoms with Crippen molar-refractivity contribution in [1.29, 1.82) is 0 Å². The van der Waals surface area contributed by atoms with Crippen LogP contribution in [0.25, 0.3) is 10.8 Å². The average molecular weight is 336 g/mol. The van der Waals surface area contributed by atoms with E-state index in [4.69, 9.17) is 0 Å². The van der Waals surface area contributed by atoms with Crippen molar-refractivity contribution < 1.29 is 4.79 Å². The second-order valence-corrected chi connectivity index (χ2v) is 5.90. The fourth-order valence-electron chi connectivity index (χ4n) is 2.75. The predicted molar refractivity (Wildman–Crippen MR) is 96.4 cm³/mol. The number of hydrogen-bond acceptors (Lipinski definition) is 4. The van der Waals surface area contributed by atoms with Crippen molar-refractivity contribution in [1.82, 2.24) is 20.1 Å². The molecule has 1 aromatic carbocycles. The van der Waals surface area contributed by atoms with E-state index in [9.17, 15) is 9.59 Å². The van der Waals surface area contributed by atoms with Gasteiger partial charge in [0.05, 0.1) is 11.4 Å². The average Bonchev–Trinajstić information content (AvgIpc) is 2.65. The highest BCUT2D eigenvalue weighted by Gasteiger charge is 2.18. The zero-order valence-electron chi connectivity index (χ0n) is 14.3. The van der Waals surface area contributed by atoms with Crippen molar-refractivity contribution in [2.24, 2.45) is 0 Å². The fraction of sp³-hybridized carbons (Fsp3) is 0.263. The topological polar surface area (TPSA) is 76.9 Å². The molecular weight excluding hydrogens is 316 g/mol. The maximum absolute atomic E-state index is 12.8. The van der Waals surface area contributed by atoms with Crippen LogP contribution in [-0.4, -0.2) is 20.7 Å². The molecule has 2 aromatic heterocycles. The number of hydrogen-bond donors (Lipinski definition) is 1. The molecule has 0 bridgehead atoms. The second kappa shape index (κ2) is 7.25. The van der Waals surface area contributed by atoms with Crippen LogP contribution in [-0.2, 0) is 6.54 Å². The van der Waals surface area contributed by atoms with Crippen molar-refractivity contribution in [3.8, 4) is 0 Å². The molecule has 0 unspecified atom stereocenters. The fourth-order valence-corrected chi connectivity index (χ4v) is 2.75. The van der Waals surface area contributed by atoms with E-state index in [1.54, 1.807) is 36.7 Å². The number of rotatable bonds is 5. The van der Waals surface area contributed by atoms with E-state index in [2.05, 4.69) is 15.4 Å². The van der Waals surface area contributed by atoms with Gasteiger partial charge < -0.3 is 5.32 Å². The maximum Gasteiger partial charge on any atom is 0.274 e. The minimum absolute atomic E-state index is 0.172. The van der Waals surface area contributed by atoms with E-state index in [0.717, 1.165) is 12.0 Å². The lowest BCUT2D eigenvalue weighted by Crippen LogP contribution is -2.32. The van der Waals surface area contributed by atoms with Gasteiger partial charge in [-0.25, -0.2) is 4.68 Å². The molecule has 0 aliphatic heterocycles. The number of aromatic nitrogens is 3. The Morgan fingerprint density at radius 3 is 2.64 bits per heavy atom. The minimum atomic E-state index is -0.308. The summed E-state index contributed by atoms with van der Waals surface area (Å²) in [7, 11) is 0. The normalized spacial score (nSPS) is 12.1. The predicted octanol–water partition coefficient (Wildman–Crippen LogP) is 2.69. The van der Waals surface area contributed by atoms with Crippen LogP contribution < -0.4 is 10.9 Å². The summed E-state index contributed by atoms with van der Waals surface area (Å²) in [6.45, 7) is 4.33. The van der Waals surface area contributed by atoms with E-state index < -0.39 is 0 Å². The first-order valence-corrected chi connectivity index (χ1v) is 8.32. The third-order valence-electron chi connectivity index (χ3n) is 4.05. The van der Waals surface area contributed by atoms with E-state index in [0.29, 0.717) is 17.3 Å². The summed E-state index contributed by atoms with van der Waals surface area (Å²) in [5.41, 5.74) is 0.996. The number of nitrogens with zero attached hydrogens (tertiary/aromatic N) is 3. The Morgan fingerprint density at radius 2 is 1.96 bits per heavy atom. The highest BCUT2D eigenvalue weighted by Crippen LogP contribution is 2.16. The highest BCUT2D eigenvalue weighted by atomic mass is 16.2. The zero-order chi connectivity index (χ0) is 17.8. The summed E-state index contributed by atoms with van der Waals surface area (Å²) >= 11 is 0. The first kappa shape index (κ1) is 16.8. The van der Waals surface area contributed by atoms with Crippen LogP contribution in [0.4, 0.5) is 0 Å². The Balaban J connectivity index is 2.01. The highest BCUT2D eigenvalue weighted by molar-refractivity contribution is 6.04. The van der Waals surface area contributed by atoms with Crippen molar-refractivity contribution >= 4 is 16.7 Å². The van der Waals surface area contributed by atoms with E-state index in [1.165, 1.54) is 4.68 Å². The Morgan fingerprint density at radius 1 is 1.20 bits per heavy atom. The molecule has 3 aromatic rings. The van der Waals surface area contributed by atoms with Crippen LogP contribution in [0.5, 0.6) is 0 Å². The molecule has 1 amide bonds. The van der Waals surface area contributed by atoms with Gasteiger partial charge in [0.25, 0.3) is 11.5 Å². The van der Waals surface area contributed by atoms with Gasteiger partial charge in [-0.3, -0.25) is 14.6 Å². The van der Waals surface area contributed by atoms with Crippen LogP contribution in [0.15, 0.2) is 53.6 Å². The van der Waals surface area contributed by atoms with Crippen molar-refractivity contribution in [2.45, 2.75) is 32.9 Å². The van der Waals surface area contributed by atoms with Crippen LogP contribution in [0.1, 0.15) is 42.4 Å². The largest absolute Gasteiger partial charge is 0.344 e. The van der Waals surface area contributed by atoms with Gasteiger partial charge in [0.1, 0.15) is 0 Å². The Labute approximate surface area is 145 Å². The van der Waals surface area contributed by atoms with Gasteiger partial charge in [-0.2, -0.15) is 5.10 Å². The standard InChI is InChI=1S/C19H20N4O2/c1-3-11-23-19(25)16-9-5-4-8-15(16)17(22-23)18(24)21-13(2)14-7-6-10-20-12-14/h4-10,12-13H,3,11H2,1-2H3,(H,21,24)/t13-/m0/s1. The number of benzene rings is 1. The van der Waals surface area contributed by atoms with E-state index in [-0.39, 0.29) is 23.2 Å². The van der Waals surface area contributed by atoms with Crippen LogP contribution in [0, 0.1) is 0 Å². The molecule has 25 heavy (non-hydrogen) atoms. The van der Waals surface area contributed by atoms with Crippen molar-refractivity contribution in [3.05, 3.63) is 70.4 Å². The smallest absolute Gasteiger partial charge is 0.274 e. The molecule has 0 spiro atoms. The molecule has 0 saturated heterocycles. The molecule has 6 nitrogen and oxygen atoms in total. The quantitative estimate of drug-likeness (QED) is 0.777. The number of pyridine rings is 1. The van der Waals surface area contributed by atoms with E-state index in [1.807, 2.05) is 26.0 Å². The maximum atomic E-state index is 12.8. The first-order valence-electron chi connectivity index (χ1n) is 8.32. The van der Waals surface area contributed by atoms with Gasteiger partial charge in [-0.1, -0.05) is 31.2 Å². The molecule has 128 valence electrons. The molecule has 0 saturated carbocycles. The third-order valence-corrected chi connectivity index (χ3v) is 4.05. The van der Waals surface area contributed by atoms with E-state index >= 15 is 0 Å².